The topological polar surface area (TPSA) is 74.7 Å². The first kappa shape index (κ1) is 26.8. The summed E-state index contributed by atoms with van der Waals surface area (Å²) in [6.07, 6.45) is -5.24. The van der Waals surface area contributed by atoms with Crippen molar-refractivity contribution in [2.75, 3.05) is 85.9 Å². The molecule has 2 aliphatic rings. The molecule has 1 amide bonds. The highest BCUT2D eigenvalue weighted by atomic mass is 19.4. The average molecular weight is 490 g/mol. The van der Waals surface area contributed by atoms with Gasteiger partial charge in [0.2, 0.25) is 0 Å². The van der Waals surface area contributed by atoms with E-state index < -0.39 is 17.8 Å². The van der Waals surface area contributed by atoms with Crippen molar-refractivity contribution in [3.8, 4) is 0 Å². The van der Waals surface area contributed by atoms with Gasteiger partial charge in [-0.05, 0) is 24.3 Å². The summed E-state index contributed by atoms with van der Waals surface area (Å²) in [6.45, 7) is 6.61. The van der Waals surface area contributed by atoms with Gasteiger partial charge in [0, 0.05) is 65.0 Å². The van der Waals surface area contributed by atoms with Crippen molar-refractivity contribution in [3.05, 3.63) is 35.4 Å². The molecule has 1 N–H and O–H groups in total. The number of nitrogens with zero attached hydrogens (tertiary/aromatic N) is 3. The number of rotatable bonds is 10. The van der Waals surface area contributed by atoms with Gasteiger partial charge in [-0.15, -0.1) is 0 Å². The molecule has 192 valence electrons. The van der Waals surface area contributed by atoms with E-state index in [1.807, 2.05) is 0 Å². The van der Waals surface area contributed by atoms with Crippen LogP contribution in [0.5, 0.6) is 0 Å². The quantitative estimate of drug-likeness (QED) is 0.529. The zero-order chi connectivity index (χ0) is 24.6. The van der Waals surface area contributed by atoms with Crippen molar-refractivity contribution in [1.29, 1.82) is 0 Å². The zero-order valence-electron chi connectivity index (χ0n) is 19.5. The van der Waals surface area contributed by atoms with Crippen LogP contribution in [0.25, 0.3) is 0 Å². The summed E-state index contributed by atoms with van der Waals surface area (Å²) in [5, 5.41) is 10.5. The molecule has 8 nitrogen and oxygen atoms in total. The summed E-state index contributed by atoms with van der Waals surface area (Å²) < 4.78 is 54.9. The lowest BCUT2D eigenvalue weighted by Gasteiger charge is -2.37. The van der Waals surface area contributed by atoms with Crippen LogP contribution < -0.4 is 0 Å². The van der Waals surface area contributed by atoms with Gasteiger partial charge in [-0.1, -0.05) is 0 Å². The number of morpholine rings is 2. The van der Waals surface area contributed by atoms with Gasteiger partial charge in [0.1, 0.15) is 0 Å². The lowest BCUT2D eigenvalue weighted by atomic mass is 10.1. The monoisotopic (exact) mass is 489 g/mol. The standard InChI is InChI=1S/C23H34F3N3O5/c1-32-10-9-29(22(31)18-2-4-19(5-3-18)23(24,25)26)17-21-16-28(8-13-34-21)15-20(30)14-27-6-11-33-12-7-27/h2-5,20-21,30H,6-17H2,1H3/t20-,21+/m1/s1. The van der Waals surface area contributed by atoms with Crippen molar-refractivity contribution in [2.24, 2.45) is 0 Å². The van der Waals surface area contributed by atoms with Crippen LogP contribution in [0.4, 0.5) is 13.2 Å². The minimum Gasteiger partial charge on any atom is -0.390 e. The Balaban J connectivity index is 1.56. The second kappa shape index (κ2) is 12.8. The van der Waals surface area contributed by atoms with Gasteiger partial charge in [-0.25, -0.2) is 0 Å². The number of hydrogen-bond acceptors (Lipinski definition) is 7. The second-order valence-electron chi connectivity index (χ2n) is 8.64. The van der Waals surface area contributed by atoms with Gasteiger partial charge >= 0.3 is 6.18 Å². The third kappa shape index (κ3) is 8.17. The molecule has 1 aromatic rings. The molecule has 1 aromatic carbocycles. The third-order valence-corrected chi connectivity index (χ3v) is 6.00. The first-order chi connectivity index (χ1) is 16.3. The van der Waals surface area contributed by atoms with Gasteiger partial charge in [0.25, 0.3) is 5.91 Å². The molecule has 3 rings (SSSR count). The number of aliphatic hydroxyl groups is 1. The van der Waals surface area contributed by atoms with E-state index in [2.05, 4.69) is 9.80 Å². The lowest BCUT2D eigenvalue weighted by molar-refractivity contribution is -0.137. The lowest BCUT2D eigenvalue weighted by Crippen LogP contribution is -2.52. The minimum absolute atomic E-state index is 0.178. The second-order valence-corrected chi connectivity index (χ2v) is 8.64. The number of halogens is 3. The van der Waals surface area contributed by atoms with Crippen molar-refractivity contribution in [3.63, 3.8) is 0 Å². The molecule has 0 radical (unpaired) electrons. The Morgan fingerprint density at radius 2 is 1.79 bits per heavy atom. The van der Waals surface area contributed by atoms with Gasteiger partial charge < -0.3 is 24.2 Å². The van der Waals surface area contributed by atoms with Crippen LogP contribution in [0.15, 0.2) is 24.3 Å². The maximum atomic E-state index is 13.0. The summed E-state index contributed by atoms with van der Waals surface area (Å²) in [4.78, 5) is 18.9. The normalized spacial score (nSPS) is 21.4. The average Bonchev–Trinajstić information content (AvgIpc) is 2.81. The van der Waals surface area contributed by atoms with Crippen molar-refractivity contribution in [1.82, 2.24) is 14.7 Å². The molecule has 11 heteroatoms. The summed E-state index contributed by atoms with van der Waals surface area (Å²) in [6, 6.07) is 4.22. The number of amides is 1. The number of β-amino-alcohol motifs (C(OH)–C–C–N with tert-alkyl or cyclic N) is 1. The van der Waals surface area contributed by atoms with E-state index in [0.29, 0.717) is 52.6 Å². The number of carbonyl (C=O) groups is 1. The van der Waals surface area contributed by atoms with Crippen LogP contribution in [0.2, 0.25) is 0 Å². The van der Waals surface area contributed by atoms with Crippen molar-refractivity contribution >= 4 is 5.91 Å². The molecule has 0 unspecified atom stereocenters. The molecular weight excluding hydrogens is 455 g/mol. The van der Waals surface area contributed by atoms with Crippen LogP contribution >= 0.6 is 0 Å². The Morgan fingerprint density at radius 3 is 2.44 bits per heavy atom. The number of methoxy groups -OCH3 is 1. The largest absolute Gasteiger partial charge is 0.416 e. The number of ether oxygens (including phenoxy) is 3. The van der Waals surface area contributed by atoms with E-state index in [1.54, 1.807) is 4.90 Å². The van der Waals surface area contributed by atoms with E-state index in [4.69, 9.17) is 14.2 Å². The third-order valence-electron chi connectivity index (χ3n) is 6.00. The van der Waals surface area contributed by atoms with Crippen LogP contribution in [-0.2, 0) is 20.4 Å². The Morgan fingerprint density at radius 1 is 1.15 bits per heavy atom. The molecule has 0 saturated carbocycles. The predicted molar refractivity (Wildman–Crippen MR) is 119 cm³/mol. The van der Waals surface area contributed by atoms with Crippen molar-refractivity contribution in [2.45, 2.75) is 18.4 Å². The van der Waals surface area contributed by atoms with E-state index in [9.17, 15) is 23.1 Å². The molecule has 0 aliphatic carbocycles. The molecule has 2 heterocycles. The first-order valence-electron chi connectivity index (χ1n) is 11.5. The fourth-order valence-corrected chi connectivity index (χ4v) is 4.20. The minimum atomic E-state index is -4.46. The fourth-order valence-electron chi connectivity index (χ4n) is 4.20. The molecule has 2 fully saturated rings. The van der Waals surface area contributed by atoms with Crippen LogP contribution in [0.1, 0.15) is 15.9 Å². The number of alkyl halides is 3. The Bertz CT molecular complexity index is 759. The number of carbonyl (C=O) groups excluding carboxylic acids is 1. The highest BCUT2D eigenvalue weighted by Gasteiger charge is 2.31. The van der Waals surface area contributed by atoms with Gasteiger partial charge in [-0.2, -0.15) is 13.2 Å². The summed E-state index contributed by atoms with van der Waals surface area (Å²) in [5.41, 5.74) is -0.618. The van der Waals surface area contributed by atoms with Crippen LogP contribution in [0, 0.1) is 0 Å². The number of aliphatic hydroxyl groups excluding tert-OH is 1. The molecular formula is C23H34F3N3O5. The highest BCUT2D eigenvalue weighted by molar-refractivity contribution is 5.94. The van der Waals surface area contributed by atoms with E-state index in [1.165, 1.54) is 19.2 Å². The number of hydrogen-bond donors (Lipinski definition) is 1. The molecule has 0 bridgehead atoms. The maximum absolute atomic E-state index is 13.0. The van der Waals surface area contributed by atoms with E-state index in [-0.39, 0.29) is 30.7 Å². The summed E-state index contributed by atoms with van der Waals surface area (Å²) in [5.74, 6) is -0.376. The smallest absolute Gasteiger partial charge is 0.390 e. The van der Waals surface area contributed by atoms with Crippen LogP contribution in [0.3, 0.4) is 0 Å². The maximum Gasteiger partial charge on any atom is 0.416 e. The van der Waals surface area contributed by atoms with Gasteiger partial charge in [-0.3, -0.25) is 14.6 Å². The molecule has 2 atom stereocenters. The van der Waals surface area contributed by atoms with E-state index in [0.717, 1.165) is 25.2 Å². The molecule has 34 heavy (non-hydrogen) atoms. The summed E-state index contributed by atoms with van der Waals surface area (Å²) >= 11 is 0. The Labute approximate surface area is 198 Å². The highest BCUT2D eigenvalue weighted by Crippen LogP contribution is 2.29. The van der Waals surface area contributed by atoms with E-state index >= 15 is 0 Å². The van der Waals surface area contributed by atoms with Crippen molar-refractivity contribution < 1.29 is 37.3 Å². The molecule has 2 aliphatic heterocycles. The van der Waals surface area contributed by atoms with Gasteiger partial charge in [0.15, 0.2) is 0 Å². The van der Waals surface area contributed by atoms with Gasteiger partial charge in [0.05, 0.1) is 44.2 Å². The van der Waals surface area contributed by atoms with Crippen LogP contribution in [-0.4, -0.2) is 124 Å². The number of benzene rings is 1. The molecule has 2 saturated heterocycles. The SMILES string of the molecule is COCCN(C[C@@H]1CN(C[C@H](O)CN2CCOCC2)CCO1)C(=O)c1ccc(C(F)(F)F)cc1. The Hall–Kier alpha value is -1.76. The summed E-state index contributed by atoms with van der Waals surface area (Å²) in [7, 11) is 1.52. The first-order valence-corrected chi connectivity index (χ1v) is 11.5. The molecule has 0 aromatic heterocycles. The fraction of sp³-hybridized carbons (Fsp3) is 0.696. The zero-order valence-corrected chi connectivity index (χ0v) is 19.5. The molecule has 0 spiro atoms. The predicted octanol–water partition coefficient (Wildman–Crippen LogP) is 1.19. The Kier molecular flexibility index (Phi) is 10.1.